The first-order chi connectivity index (χ1) is 11.9. The number of nitrogens with one attached hydrogen (secondary N) is 2. The van der Waals surface area contributed by atoms with Gasteiger partial charge in [-0.05, 0) is 43.0 Å². The van der Waals surface area contributed by atoms with Gasteiger partial charge in [-0.15, -0.1) is 0 Å². The molecule has 0 spiro atoms. The first-order valence-electron chi connectivity index (χ1n) is 8.14. The van der Waals surface area contributed by atoms with Crippen LogP contribution in [0.15, 0.2) is 29.1 Å². The molecule has 1 heterocycles. The van der Waals surface area contributed by atoms with Gasteiger partial charge >= 0.3 is 0 Å². The minimum absolute atomic E-state index is 0.0489. The van der Waals surface area contributed by atoms with Crippen LogP contribution in [0.1, 0.15) is 45.3 Å². The number of ether oxygens (including phenoxy) is 1. The lowest BCUT2D eigenvalue weighted by Crippen LogP contribution is -2.29. The zero-order valence-electron chi connectivity index (χ0n) is 14.4. The summed E-state index contributed by atoms with van der Waals surface area (Å²) in [5.74, 6) is 0.0664. The topological polar surface area (TPSA) is 88.3 Å². The summed E-state index contributed by atoms with van der Waals surface area (Å²) in [6, 6.07) is 6.77. The molecule has 1 aliphatic rings. The number of aromatic nitrogens is 1. The number of ketones is 1. The molecule has 2 N–H and O–H groups in total. The molecular weight excluding hydrogens is 320 g/mol. The van der Waals surface area contributed by atoms with Gasteiger partial charge in [-0.25, -0.2) is 0 Å². The molecule has 2 aromatic rings. The van der Waals surface area contributed by atoms with E-state index in [1.165, 1.54) is 13.2 Å². The molecule has 1 aromatic heterocycles. The quantitative estimate of drug-likeness (QED) is 0.899. The maximum Gasteiger partial charge on any atom is 0.261 e. The van der Waals surface area contributed by atoms with E-state index in [-0.39, 0.29) is 17.3 Å². The van der Waals surface area contributed by atoms with E-state index in [9.17, 15) is 14.4 Å². The third-order valence-electron chi connectivity index (χ3n) is 4.36. The van der Waals surface area contributed by atoms with E-state index in [0.29, 0.717) is 35.5 Å². The molecule has 1 aliphatic carbocycles. The van der Waals surface area contributed by atoms with Crippen molar-refractivity contribution in [2.24, 2.45) is 5.92 Å². The maximum absolute atomic E-state index is 12.6. The monoisotopic (exact) mass is 340 g/mol. The maximum atomic E-state index is 12.6. The molecule has 130 valence electrons. The Kier molecular flexibility index (Phi) is 4.44. The molecule has 25 heavy (non-hydrogen) atoms. The Morgan fingerprint density at radius 2 is 2.00 bits per heavy atom. The van der Waals surface area contributed by atoms with E-state index in [2.05, 4.69) is 10.3 Å². The highest BCUT2D eigenvalue weighted by molar-refractivity contribution is 6.07. The molecule has 0 unspecified atom stereocenters. The van der Waals surface area contributed by atoms with Crippen molar-refractivity contribution < 1.29 is 14.3 Å². The number of aryl methyl sites for hydroxylation is 1. The van der Waals surface area contributed by atoms with Crippen molar-refractivity contribution in [1.82, 2.24) is 4.98 Å². The van der Waals surface area contributed by atoms with Crippen molar-refractivity contribution >= 4 is 17.4 Å². The van der Waals surface area contributed by atoms with Gasteiger partial charge in [0.05, 0.1) is 12.8 Å². The Hall–Kier alpha value is -2.89. The largest absolute Gasteiger partial charge is 0.495 e. The minimum atomic E-state index is -0.570. The number of methoxy groups -OCH3 is 1. The third-order valence-corrected chi connectivity index (χ3v) is 4.36. The molecule has 0 bridgehead atoms. The number of aromatic amines is 1. The Labute approximate surface area is 145 Å². The van der Waals surface area contributed by atoms with Gasteiger partial charge in [0, 0.05) is 17.7 Å². The number of carbonyl (C=O) groups is 2. The Balaban J connectivity index is 1.96. The summed E-state index contributed by atoms with van der Waals surface area (Å²) in [5.41, 5.74) is 1.89. The van der Waals surface area contributed by atoms with Crippen LogP contribution in [-0.2, 0) is 6.42 Å². The molecule has 1 aromatic carbocycles. The van der Waals surface area contributed by atoms with E-state index in [0.717, 1.165) is 5.56 Å². The van der Waals surface area contributed by atoms with Crippen molar-refractivity contribution in [3.05, 3.63) is 57.0 Å². The fraction of sp³-hybridized carbons (Fsp3) is 0.316. The number of anilines is 1. The van der Waals surface area contributed by atoms with Gasteiger partial charge in [-0.1, -0.05) is 13.0 Å². The lowest BCUT2D eigenvalue weighted by atomic mass is 9.86. The molecule has 1 amide bonds. The molecule has 1 atom stereocenters. The highest BCUT2D eigenvalue weighted by atomic mass is 16.5. The van der Waals surface area contributed by atoms with Crippen LogP contribution in [0, 0.1) is 12.8 Å². The number of rotatable bonds is 3. The van der Waals surface area contributed by atoms with Crippen LogP contribution < -0.4 is 15.6 Å². The van der Waals surface area contributed by atoms with Crippen molar-refractivity contribution in [3.63, 3.8) is 0 Å². The Morgan fingerprint density at radius 1 is 1.24 bits per heavy atom. The Bertz CT molecular complexity index is 914. The average Bonchev–Trinajstić information content (AvgIpc) is 2.54. The van der Waals surface area contributed by atoms with Gasteiger partial charge in [0.2, 0.25) is 0 Å². The van der Waals surface area contributed by atoms with Crippen molar-refractivity contribution in [1.29, 1.82) is 0 Å². The third kappa shape index (κ3) is 3.33. The Morgan fingerprint density at radius 3 is 2.72 bits per heavy atom. The second kappa shape index (κ2) is 6.55. The summed E-state index contributed by atoms with van der Waals surface area (Å²) in [6.07, 6.45) is 1.05. The molecular formula is C19H20N2O4. The van der Waals surface area contributed by atoms with Gasteiger partial charge in [-0.3, -0.25) is 14.4 Å². The van der Waals surface area contributed by atoms with Gasteiger partial charge in [-0.2, -0.15) is 0 Å². The molecule has 0 saturated carbocycles. The summed E-state index contributed by atoms with van der Waals surface area (Å²) < 4.78 is 5.23. The van der Waals surface area contributed by atoms with E-state index < -0.39 is 11.5 Å². The zero-order chi connectivity index (χ0) is 18.1. The SMILES string of the molecule is COc1ccc(C)cc1NC(=O)c1cc2c([nH]c1=O)C[C@@H](C)CC2=O. The second-order valence-electron chi connectivity index (χ2n) is 6.50. The van der Waals surface area contributed by atoms with Crippen LogP contribution in [0.25, 0.3) is 0 Å². The summed E-state index contributed by atoms with van der Waals surface area (Å²) in [5, 5.41) is 2.69. The van der Waals surface area contributed by atoms with Crippen LogP contribution in [0.3, 0.4) is 0 Å². The van der Waals surface area contributed by atoms with Gasteiger partial charge in [0.25, 0.3) is 11.5 Å². The molecule has 0 radical (unpaired) electrons. The zero-order valence-corrected chi connectivity index (χ0v) is 14.4. The first kappa shape index (κ1) is 17.0. The highest BCUT2D eigenvalue weighted by Gasteiger charge is 2.26. The predicted molar refractivity (Wildman–Crippen MR) is 94.6 cm³/mol. The van der Waals surface area contributed by atoms with Crippen LogP contribution >= 0.6 is 0 Å². The van der Waals surface area contributed by atoms with Crippen molar-refractivity contribution in [2.75, 3.05) is 12.4 Å². The van der Waals surface area contributed by atoms with Gasteiger partial charge < -0.3 is 15.0 Å². The molecule has 6 nitrogen and oxygen atoms in total. The van der Waals surface area contributed by atoms with Crippen LogP contribution in [0.4, 0.5) is 5.69 Å². The number of carbonyl (C=O) groups excluding carboxylic acids is 2. The van der Waals surface area contributed by atoms with E-state index in [4.69, 9.17) is 4.74 Å². The summed E-state index contributed by atoms with van der Waals surface area (Å²) in [4.78, 5) is 39.8. The summed E-state index contributed by atoms with van der Waals surface area (Å²) in [6.45, 7) is 3.85. The average molecular weight is 340 g/mol. The molecule has 0 aliphatic heterocycles. The first-order valence-corrected chi connectivity index (χ1v) is 8.14. The van der Waals surface area contributed by atoms with E-state index in [1.54, 1.807) is 12.1 Å². The fourth-order valence-corrected chi connectivity index (χ4v) is 3.10. The normalized spacial score (nSPS) is 16.3. The smallest absolute Gasteiger partial charge is 0.261 e. The standard InChI is InChI=1S/C19H20N2O4/c1-10-4-5-17(25-3)15(6-10)21-19(24)13-9-12-14(20-18(13)23)7-11(2)8-16(12)22/h4-6,9,11H,7-8H2,1-3H3,(H,20,23)(H,21,24)/t11-/m1/s1. The number of Topliss-reactive ketones (excluding diaryl/α,β-unsaturated/α-hetero) is 1. The van der Waals surface area contributed by atoms with Crippen molar-refractivity contribution in [2.45, 2.75) is 26.7 Å². The van der Waals surface area contributed by atoms with Gasteiger partial charge in [0.15, 0.2) is 5.78 Å². The fourth-order valence-electron chi connectivity index (χ4n) is 3.10. The lowest BCUT2D eigenvalue weighted by Gasteiger charge is -2.20. The van der Waals surface area contributed by atoms with Crippen molar-refractivity contribution in [3.8, 4) is 5.75 Å². The second-order valence-corrected chi connectivity index (χ2v) is 6.50. The summed E-state index contributed by atoms with van der Waals surface area (Å²) >= 11 is 0. The highest BCUT2D eigenvalue weighted by Crippen LogP contribution is 2.26. The number of hydrogen-bond acceptors (Lipinski definition) is 4. The number of benzene rings is 1. The lowest BCUT2D eigenvalue weighted by molar-refractivity contribution is 0.0952. The van der Waals surface area contributed by atoms with Gasteiger partial charge in [0.1, 0.15) is 11.3 Å². The number of hydrogen-bond donors (Lipinski definition) is 2. The predicted octanol–water partition coefficient (Wildman–Crippen LogP) is 2.71. The number of H-pyrrole nitrogens is 1. The van der Waals surface area contributed by atoms with E-state index in [1.807, 2.05) is 19.9 Å². The molecule has 6 heteroatoms. The van der Waals surface area contributed by atoms with Crippen LogP contribution in [0.2, 0.25) is 0 Å². The molecule has 0 fully saturated rings. The number of amides is 1. The van der Waals surface area contributed by atoms with Crippen LogP contribution in [0.5, 0.6) is 5.75 Å². The minimum Gasteiger partial charge on any atom is -0.495 e. The summed E-state index contributed by atoms with van der Waals surface area (Å²) in [7, 11) is 1.51. The molecule has 0 saturated heterocycles. The molecule has 3 rings (SSSR count). The van der Waals surface area contributed by atoms with E-state index >= 15 is 0 Å². The number of pyridine rings is 1. The van der Waals surface area contributed by atoms with Crippen LogP contribution in [-0.4, -0.2) is 23.8 Å². The number of fused-ring (bicyclic) bond motifs is 1.